The van der Waals surface area contributed by atoms with Crippen molar-refractivity contribution in [2.24, 2.45) is 5.92 Å². The first-order valence-electron chi connectivity index (χ1n) is 6.62. The first-order chi connectivity index (χ1) is 8.58. The third-order valence-electron chi connectivity index (χ3n) is 3.76. The fraction of sp³-hybridized carbons (Fsp3) is 0.533. The molecule has 1 heterocycles. The molecular formula is C15H22N2O. The van der Waals surface area contributed by atoms with Crippen molar-refractivity contribution in [3.63, 3.8) is 0 Å². The molecule has 1 aliphatic rings. The van der Waals surface area contributed by atoms with Gasteiger partial charge in [-0.25, -0.2) is 0 Å². The van der Waals surface area contributed by atoms with E-state index in [4.69, 9.17) is 0 Å². The number of nitrogens with zero attached hydrogens (tertiary/aromatic N) is 1. The second-order valence-corrected chi connectivity index (χ2v) is 5.32. The van der Waals surface area contributed by atoms with Gasteiger partial charge in [0.2, 0.25) is 5.91 Å². The van der Waals surface area contributed by atoms with E-state index in [0.717, 1.165) is 13.0 Å². The Labute approximate surface area is 109 Å². The van der Waals surface area contributed by atoms with Gasteiger partial charge in [-0.05, 0) is 32.4 Å². The number of benzene rings is 1. The molecule has 2 atom stereocenters. The van der Waals surface area contributed by atoms with Crippen LogP contribution in [0.25, 0.3) is 0 Å². The van der Waals surface area contributed by atoms with Crippen molar-refractivity contribution in [3.8, 4) is 0 Å². The van der Waals surface area contributed by atoms with E-state index in [1.165, 1.54) is 11.1 Å². The lowest BCUT2D eigenvalue weighted by Crippen LogP contribution is -2.37. The minimum Gasteiger partial charge on any atom is -0.341 e. The third-order valence-corrected chi connectivity index (χ3v) is 3.76. The maximum atomic E-state index is 12.3. The van der Waals surface area contributed by atoms with Gasteiger partial charge in [0, 0.05) is 19.6 Å². The summed E-state index contributed by atoms with van der Waals surface area (Å²) in [6.45, 7) is 5.82. The molecule has 1 fully saturated rings. The zero-order valence-electron chi connectivity index (χ0n) is 11.4. The second-order valence-electron chi connectivity index (χ2n) is 5.32. The summed E-state index contributed by atoms with van der Waals surface area (Å²) < 4.78 is 0. The summed E-state index contributed by atoms with van der Waals surface area (Å²) in [5, 5.41) is 3.33. The Morgan fingerprint density at radius 1 is 1.39 bits per heavy atom. The molecule has 1 N–H and O–H groups in total. The summed E-state index contributed by atoms with van der Waals surface area (Å²) in [5.41, 5.74) is 2.44. The lowest BCUT2D eigenvalue weighted by molar-refractivity contribution is -0.134. The number of amides is 1. The quantitative estimate of drug-likeness (QED) is 0.884. The van der Waals surface area contributed by atoms with E-state index < -0.39 is 0 Å². The van der Waals surface area contributed by atoms with E-state index in [-0.39, 0.29) is 11.8 Å². The van der Waals surface area contributed by atoms with Crippen LogP contribution in [0.4, 0.5) is 0 Å². The summed E-state index contributed by atoms with van der Waals surface area (Å²) in [6, 6.07) is 8.67. The van der Waals surface area contributed by atoms with Crippen LogP contribution in [0.5, 0.6) is 0 Å². The highest BCUT2D eigenvalue weighted by molar-refractivity contribution is 5.79. The van der Waals surface area contributed by atoms with E-state index in [0.29, 0.717) is 12.6 Å². The molecule has 0 bridgehead atoms. The molecule has 1 amide bonds. The van der Waals surface area contributed by atoms with E-state index in [2.05, 4.69) is 43.4 Å². The van der Waals surface area contributed by atoms with Gasteiger partial charge in [-0.3, -0.25) is 4.79 Å². The van der Waals surface area contributed by atoms with Gasteiger partial charge in [-0.15, -0.1) is 0 Å². The summed E-state index contributed by atoms with van der Waals surface area (Å²) in [4.78, 5) is 14.2. The van der Waals surface area contributed by atoms with Crippen molar-refractivity contribution in [3.05, 3.63) is 35.4 Å². The molecule has 3 nitrogen and oxygen atoms in total. The van der Waals surface area contributed by atoms with Gasteiger partial charge in [0.1, 0.15) is 0 Å². The first-order valence-corrected chi connectivity index (χ1v) is 6.62. The van der Waals surface area contributed by atoms with Gasteiger partial charge in [-0.1, -0.05) is 29.8 Å². The Morgan fingerprint density at radius 3 is 2.61 bits per heavy atom. The molecular weight excluding hydrogens is 224 g/mol. The number of hydrogen-bond donors (Lipinski definition) is 1. The molecule has 1 saturated heterocycles. The van der Waals surface area contributed by atoms with Gasteiger partial charge >= 0.3 is 0 Å². The average molecular weight is 246 g/mol. The zero-order valence-corrected chi connectivity index (χ0v) is 11.4. The molecule has 1 aromatic rings. The standard InChI is InChI=1S/C15H22N2O/c1-11-4-6-13(7-5-11)10-17(3)15(18)14-8-9-16-12(14)2/h4-7,12,14,16H,8-10H2,1-3H3. The summed E-state index contributed by atoms with van der Waals surface area (Å²) in [5.74, 6) is 0.397. The van der Waals surface area contributed by atoms with Crippen LogP contribution in [0, 0.1) is 12.8 Å². The van der Waals surface area contributed by atoms with Crippen LogP contribution in [0.3, 0.4) is 0 Å². The summed E-state index contributed by atoms with van der Waals surface area (Å²) >= 11 is 0. The maximum absolute atomic E-state index is 12.3. The number of hydrogen-bond acceptors (Lipinski definition) is 2. The largest absolute Gasteiger partial charge is 0.341 e. The zero-order chi connectivity index (χ0) is 13.1. The highest BCUT2D eigenvalue weighted by Crippen LogP contribution is 2.18. The molecule has 0 saturated carbocycles. The molecule has 98 valence electrons. The number of nitrogens with one attached hydrogen (secondary N) is 1. The van der Waals surface area contributed by atoms with Crippen molar-refractivity contribution in [1.82, 2.24) is 10.2 Å². The fourth-order valence-corrected chi connectivity index (χ4v) is 2.52. The molecule has 1 aromatic carbocycles. The normalized spacial score (nSPS) is 23.1. The summed E-state index contributed by atoms with van der Waals surface area (Å²) in [6.07, 6.45) is 0.957. The number of carbonyl (C=O) groups excluding carboxylic acids is 1. The van der Waals surface area contributed by atoms with E-state index in [1.54, 1.807) is 0 Å². The monoisotopic (exact) mass is 246 g/mol. The van der Waals surface area contributed by atoms with Crippen molar-refractivity contribution >= 4 is 5.91 Å². The van der Waals surface area contributed by atoms with E-state index in [1.807, 2.05) is 11.9 Å². The van der Waals surface area contributed by atoms with Crippen molar-refractivity contribution in [1.29, 1.82) is 0 Å². The predicted octanol–water partition coefficient (Wildman–Crippen LogP) is 1.95. The van der Waals surface area contributed by atoms with Crippen LogP contribution in [-0.4, -0.2) is 30.4 Å². The fourth-order valence-electron chi connectivity index (χ4n) is 2.52. The predicted molar refractivity (Wildman–Crippen MR) is 73.2 cm³/mol. The van der Waals surface area contributed by atoms with Gasteiger partial charge in [0.25, 0.3) is 0 Å². The Kier molecular flexibility index (Phi) is 4.02. The molecule has 0 spiro atoms. The van der Waals surface area contributed by atoms with Crippen LogP contribution in [0.1, 0.15) is 24.5 Å². The van der Waals surface area contributed by atoms with Gasteiger partial charge in [0.05, 0.1) is 5.92 Å². The maximum Gasteiger partial charge on any atom is 0.227 e. The Bertz CT molecular complexity index is 413. The van der Waals surface area contributed by atoms with E-state index in [9.17, 15) is 4.79 Å². The molecule has 1 aliphatic heterocycles. The molecule has 18 heavy (non-hydrogen) atoms. The van der Waals surface area contributed by atoms with E-state index >= 15 is 0 Å². The SMILES string of the molecule is Cc1ccc(CN(C)C(=O)C2CCNC2C)cc1. The highest BCUT2D eigenvalue weighted by Gasteiger charge is 2.31. The van der Waals surface area contributed by atoms with Gasteiger partial charge < -0.3 is 10.2 Å². The van der Waals surface area contributed by atoms with Crippen LogP contribution in [-0.2, 0) is 11.3 Å². The molecule has 3 heteroatoms. The minimum atomic E-state index is 0.139. The van der Waals surface area contributed by atoms with Crippen LogP contribution in [0.15, 0.2) is 24.3 Å². The topological polar surface area (TPSA) is 32.3 Å². The number of carbonyl (C=O) groups is 1. The Morgan fingerprint density at radius 2 is 2.06 bits per heavy atom. The highest BCUT2D eigenvalue weighted by atomic mass is 16.2. The minimum absolute atomic E-state index is 0.139. The van der Waals surface area contributed by atoms with Crippen LogP contribution >= 0.6 is 0 Å². The van der Waals surface area contributed by atoms with Gasteiger partial charge in [0.15, 0.2) is 0 Å². The van der Waals surface area contributed by atoms with Gasteiger partial charge in [-0.2, -0.15) is 0 Å². The number of rotatable bonds is 3. The molecule has 2 rings (SSSR count). The molecule has 2 unspecified atom stereocenters. The molecule has 0 aromatic heterocycles. The molecule has 0 aliphatic carbocycles. The number of aryl methyl sites for hydroxylation is 1. The summed E-state index contributed by atoms with van der Waals surface area (Å²) in [7, 11) is 1.90. The van der Waals surface area contributed by atoms with Crippen molar-refractivity contribution in [2.45, 2.75) is 32.9 Å². The van der Waals surface area contributed by atoms with Crippen molar-refractivity contribution in [2.75, 3.05) is 13.6 Å². The molecule has 0 radical (unpaired) electrons. The lowest BCUT2D eigenvalue weighted by atomic mass is 10.0. The Hall–Kier alpha value is -1.35. The lowest BCUT2D eigenvalue weighted by Gasteiger charge is -2.23. The smallest absolute Gasteiger partial charge is 0.227 e. The third kappa shape index (κ3) is 2.91. The Balaban J connectivity index is 1.97. The second kappa shape index (κ2) is 5.53. The average Bonchev–Trinajstić information content (AvgIpc) is 2.77. The van der Waals surface area contributed by atoms with Crippen LogP contribution < -0.4 is 5.32 Å². The van der Waals surface area contributed by atoms with Crippen LogP contribution in [0.2, 0.25) is 0 Å². The first kappa shape index (κ1) is 13.1. The van der Waals surface area contributed by atoms with Crippen molar-refractivity contribution < 1.29 is 4.79 Å².